The van der Waals surface area contributed by atoms with Crippen molar-refractivity contribution in [2.45, 2.75) is 4.90 Å². The molecule has 0 saturated carbocycles. The molecule has 3 rings (SSSR count). The Balaban J connectivity index is 1.76. The molecule has 0 aromatic heterocycles. The Morgan fingerprint density at radius 1 is 1.04 bits per heavy atom. The number of carbonyl (C=O) groups excluding carboxylic acids is 1. The zero-order valence-electron chi connectivity index (χ0n) is 15.4. The molecular formula is C19H23ClN3O3S+. The molecule has 1 fully saturated rings. The zero-order chi connectivity index (χ0) is 19.6. The van der Waals surface area contributed by atoms with E-state index in [0.717, 1.165) is 26.2 Å². The first kappa shape index (κ1) is 19.7. The van der Waals surface area contributed by atoms with Gasteiger partial charge in [0.1, 0.15) is 0 Å². The molecule has 144 valence electrons. The molecule has 27 heavy (non-hydrogen) atoms. The quantitative estimate of drug-likeness (QED) is 0.825. The number of carbonyl (C=O) groups is 1. The van der Waals surface area contributed by atoms with Crippen molar-refractivity contribution in [2.24, 2.45) is 0 Å². The molecule has 0 radical (unpaired) electrons. The number of anilines is 1. The van der Waals surface area contributed by atoms with E-state index in [1.54, 1.807) is 36.4 Å². The van der Waals surface area contributed by atoms with E-state index in [0.29, 0.717) is 16.3 Å². The summed E-state index contributed by atoms with van der Waals surface area (Å²) in [6, 6.07) is 12.7. The third kappa shape index (κ3) is 4.26. The third-order valence-corrected chi connectivity index (χ3v) is 6.91. The molecule has 0 bridgehead atoms. The topological polar surface area (TPSA) is 62.1 Å². The second kappa shape index (κ2) is 7.88. The summed E-state index contributed by atoms with van der Waals surface area (Å²) in [6.07, 6.45) is 0. The highest BCUT2D eigenvalue weighted by Crippen LogP contribution is 2.23. The molecule has 1 N–H and O–H groups in total. The first-order valence-corrected chi connectivity index (χ1v) is 10.6. The molecule has 2 aromatic carbocycles. The minimum atomic E-state index is -3.69. The number of hydrogen-bond acceptors (Lipinski definition) is 3. The van der Waals surface area contributed by atoms with Crippen molar-refractivity contribution < 1.29 is 18.1 Å². The van der Waals surface area contributed by atoms with Gasteiger partial charge in [-0.2, -0.15) is 0 Å². The van der Waals surface area contributed by atoms with Gasteiger partial charge in [-0.1, -0.05) is 11.6 Å². The number of hydrogen-bond donors (Lipinski definition) is 1. The van der Waals surface area contributed by atoms with Crippen LogP contribution in [0.25, 0.3) is 0 Å². The number of rotatable bonds is 4. The molecule has 2 aromatic rings. The van der Waals surface area contributed by atoms with Crippen molar-refractivity contribution in [1.82, 2.24) is 4.90 Å². The van der Waals surface area contributed by atoms with E-state index in [9.17, 15) is 13.2 Å². The van der Waals surface area contributed by atoms with Gasteiger partial charge in [0.2, 0.25) is 0 Å². The molecule has 0 atom stereocenters. The van der Waals surface area contributed by atoms with Crippen molar-refractivity contribution in [2.75, 3.05) is 44.6 Å². The fourth-order valence-corrected chi connectivity index (χ4v) is 4.31. The van der Waals surface area contributed by atoms with Crippen LogP contribution in [-0.2, 0) is 10.0 Å². The van der Waals surface area contributed by atoms with E-state index >= 15 is 0 Å². The summed E-state index contributed by atoms with van der Waals surface area (Å²) < 4.78 is 26.7. The van der Waals surface area contributed by atoms with Crippen LogP contribution in [0.2, 0.25) is 5.02 Å². The van der Waals surface area contributed by atoms with E-state index in [4.69, 9.17) is 11.6 Å². The number of nitrogens with zero attached hydrogens (tertiary/aromatic N) is 2. The molecule has 1 aliphatic rings. The Morgan fingerprint density at radius 3 is 2.15 bits per heavy atom. The summed E-state index contributed by atoms with van der Waals surface area (Å²) >= 11 is 5.83. The van der Waals surface area contributed by atoms with Gasteiger partial charge >= 0.3 is 0 Å². The lowest BCUT2D eigenvalue weighted by molar-refractivity contribution is -0.883. The van der Waals surface area contributed by atoms with Crippen LogP contribution < -0.4 is 9.21 Å². The van der Waals surface area contributed by atoms with Crippen LogP contribution in [0.1, 0.15) is 10.4 Å². The summed E-state index contributed by atoms with van der Waals surface area (Å²) in [5.41, 5.74) is 1.06. The highest BCUT2D eigenvalue weighted by Gasteiger charge is 2.24. The Kier molecular flexibility index (Phi) is 5.74. The van der Waals surface area contributed by atoms with Crippen molar-refractivity contribution in [3.8, 4) is 0 Å². The molecular weight excluding hydrogens is 386 g/mol. The zero-order valence-corrected chi connectivity index (χ0v) is 16.9. The Bertz CT molecular complexity index is 906. The van der Waals surface area contributed by atoms with Crippen LogP contribution >= 0.6 is 11.6 Å². The summed E-state index contributed by atoms with van der Waals surface area (Å²) in [5.74, 6) is -0.0164. The Morgan fingerprint density at radius 2 is 1.59 bits per heavy atom. The Labute approximate surface area is 165 Å². The normalized spacial score (nSPS) is 15.6. The van der Waals surface area contributed by atoms with Crippen LogP contribution in [0.4, 0.5) is 5.69 Å². The lowest BCUT2D eigenvalue weighted by Crippen LogP contribution is -3.12. The van der Waals surface area contributed by atoms with Gasteiger partial charge in [-0.05, 0) is 48.5 Å². The Hall–Kier alpha value is -2.09. The maximum Gasteiger partial charge on any atom is 0.264 e. The van der Waals surface area contributed by atoms with E-state index < -0.39 is 10.0 Å². The second-order valence-corrected chi connectivity index (χ2v) is 9.13. The van der Waals surface area contributed by atoms with E-state index in [2.05, 4.69) is 7.05 Å². The van der Waals surface area contributed by atoms with Crippen LogP contribution in [0.3, 0.4) is 0 Å². The fraction of sp³-hybridized carbons (Fsp3) is 0.316. The number of benzene rings is 2. The smallest absolute Gasteiger partial charge is 0.264 e. The van der Waals surface area contributed by atoms with E-state index in [-0.39, 0.29) is 10.8 Å². The van der Waals surface area contributed by atoms with Crippen molar-refractivity contribution in [1.29, 1.82) is 0 Å². The van der Waals surface area contributed by atoms with Gasteiger partial charge in [-0.25, -0.2) is 8.42 Å². The molecule has 1 aliphatic heterocycles. The average Bonchev–Trinajstić information content (AvgIpc) is 2.68. The van der Waals surface area contributed by atoms with Crippen LogP contribution in [0.15, 0.2) is 53.4 Å². The van der Waals surface area contributed by atoms with E-state index in [1.165, 1.54) is 28.4 Å². The summed E-state index contributed by atoms with van der Waals surface area (Å²) in [7, 11) is -0.0832. The van der Waals surface area contributed by atoms with Crippen LogP contribution in [-0.4, -0.2) is 59.5 Å². The molecule has 0 aliphatic carbocycles. The molecule has 0 spiro atoms. The monoisotopic (exact) mass is 408 g/mol. The summed E-state index contributed by atoms with van der Waals surface area (Å²) in [4.78, 5) is 16.0. The predicted molar refractivity (Wildman–Crippen MR) is 106 cm³/mol. The third-order valence-electron chi connectivity index (χ3n) is 4.85. The van der Waals surface area contributed by atoms with E-state index in [1.807, 2.05) is 4.90 Å². The van der Waals surface area contributed by atoms with Crippen molar-refractivity contribution in [3.05, 3.63) is 59.1 Å². The SMILES string of the molecule is CN(c1ccc(C(=O)N2CC[NH+](C)CC2)cc1)S(=O)(=O)c1ccc(Cl)cc1. The standard InChI is InChI=1S/C19H22ClN3O3S/c1-21-11-13-23(14-12-21)19(24)15-3-7-17(8-4-15)22(2)27(25,26)18-9-5-16(20)6-10-18/h3-10H,11-14H2,1-2H3/p+1. The molecule has 1 heterocycles. The largest absolute Gasteiger partial charge is 0.334 e. The maximum atomic E-state index is 12.7. The number of amides is 1. The minimum Gasteiger partial charge on any atom is -0.334 e. The first-order chi connectivity index (χ1) is 12.8. The van der Waals surface area contributed by atoms with Gasteiger partial charge in [0.15, 0.2) is 0 Å². The van der Waals surface area contributed by atoms with Crippen LogP contribution in [0.5, 0.6) is 0 Å². The molecule has 0 unspecified atom stereocenters. The predicted octanol–water partition coefficient (Wildman–Crippen LogP) is 1.14. The van der Waals surface area contributed by atoms with Gasteiger partial charge in [0, 0.05) is 17.6 Å². The lowest BCUT2D eigenvalue weighted by atomic mass is 10.1. The highest BCUT2D eigenvalue weighted by atomic mass is 35.5. The highest BCUT2D eigenvalue weighted by molar-refractivity contribution is 7.92. The number of nitrogens with one attached hydrogen (secondary N) is 1. The molecule has 1 amide bonds. The molecule has 8 heteroatoms. The maximum absolute atomic E-state index is 12.7. The number of sulfonamides is 1. The lowest BCUT2D eigenvalue weighted by Gasteiger charge is -2.30. The second-order valence-electron chi connectivity index (χ2n) is 6.72. The number of halogens is 1. The van der Waals surface area contributed by atoms with Gasteiger partial charge in [-0.15, -0.1) is 0 Å². The van der Waals surface area contributed by atoms with Crippen molar-refractivity contribution in [3.63, 3.8) is 0 Å². The first-order valence-electron chi connectivity index (χ1n) is 8.74. The van der Waals surface area contributed by atoms with Crippen molar-refractivity contribution >= 4 is 33.2 Å². The molecule has 6 nitrogen and oxygen atoms in total. The number of quaternary nitrogens is 1. The van der Waals surface area contributed by atoms with Gasteiger partial charge < -0.3 is 9.80 Å². The summed E-state index contributed by atoms with van der Waals surface area (Å²) in [6.45, 7) is 3.34. The number of piperazine rings is 1. The van der Waals surface area contributed by atoms with Gasteiger partial charge in [0.25, 0.3) is 15.9 Å². The fourth-order valence-electron chi connectivity index (χ4n) is 2.99. The van der Waals surface area contributed by atoms with Gasteiger partial charge in [0.05, 0.1) is 43.8 Å². The van der Waals surface area contributed by atoms with Gasteiger partial charge in [-0.3, -0.25) is 9.10 Å². The van der Waals surface area contributed by atoms with Crippen LogP contribution in [0, 0.1) is 0 Å². The molecule has 1 saturated heterocycles. The summed E-state index contributed by atoms with van der Waals surface area (Å²) in [5, 5.41) is 0.477. The average molecular weight is 409 g/mol. The minimum absolute atomic E-state index is 0.0164. The number of likely N-dealkylation sites (N-methyl/N-ethyl adjacent to an activating group) is 1.